The lowest BCUT2D eigenvalue weighted by atomic mass is 10.1. The summed E-state index contributed by atoms with van der Waals surface area (Å²) >= 11 is 5.68. The van der Waals surface area contributed by atoms with Crippen molar-refractivity contribution in [1.29, 1.82) is 0 Å². The molecule has 1 heterocycles. The molecule has 0 saturated carbocycles. The molecule has 1 aromatic heterocycles. The van der Waals surface area contributed by atoms with Crippen molar-refractivity contribution in [2.45, 2.75) is 6.18 Å². The van der Waals surface area contributed by atoms with Gasteiger partial charge in [-0.25, -0.2) is 4.98 Å². The van der Waals surface area contributed by atoms with Crippen LogP contribution in [-0.2, 0) is 6.18 Å². The van der Waals surface area contributed by atoms with E-state index in [1.807, 2.05) is 0 Å². The molecule has 0 aliphatic heterocycles. The van der Waals surface area contributed by atoms with Crippen LogP contribution in [0.25, 0.3) is 11.3 Å². The molecule has 0 saturated heterocycles. The lowest BCUT2D eigenvalue weighted by molar-refractivity contribution is -0.137. The molecule has 0 aliphatic carbocycles. The first-order valence-electron chi connectivity index (χ1n) is 5.81. The first-order valence-corrected chi connectivity index (χ1v) is 6.19. The molecular weight excluding hydrogens is 307 g/mol. The predicted octanol–water partition coefficient (Wildman–Crippen LogP) is 4.44. The molecule has 0 spiro atoms. The van der Waals surface area contributed by atoms with Gasteiger partial charge >= 0.3 is 6.18 Å². The van der Waals surface area contributed by atoms with Gasteiger partial charge in [0, 0.05) is 11.6 Å². The zero-order chi connectivity index (χ0) is 15.6. The van der Waals surface area contributed by atoms with Gasteiger partial charge in [0.25, 0.3) is 0 Å². The monoisotopic (exact) mass is 317 g/mol. The molecule has 0 fully saturated rings. The van der Waals surface area contributed by atoms with Crippen molar-refractivity contribution in [3.8, 4) is 22.8 Å². The highest BCUT2D eigenvalue weighted by molar-refractivity contribution is 6.29. The largest absolute Gasteiger partial charge is 0.497 e. The van der Waals surface area contributed by atoms with Crippen molar-refractivity contribution in [3.63, 3.8) is 0 Å². The minimum Gasteiger partial charge on any atom is -0.497 e. The number of aromatic nitrogens is 1. The number of nitrogens with zero attached hydrogens (tertiary/aromatic N) is 1. The average Bonchev–Trinajstić information content (AvgIpc) is 2.45. The van der Waals surface area contributed by atoms with Crippen LogP contribution in [0.3, 0.4) is 0 Å². The van der Waals surface area contributed by atoms with Crippen LogP contribution in [0.1, 0.15) is 5.56 Å². The summed E-state index contributed by atoms with van der Waals surface area (Å²) in [5, 5.41) is -0.235. The van der Waals surface area contributed by atoms with Crippen LogP contribution in [0.5, 0.6) is 11.5 Å². The molecule has 0 radical (unpaired) electrons. The second-order valence-corrected chi connectivity index (χ2v) is 4.55. The zero-order valence-electron chi connectivity index (χ0n) is 11.2. The molecular formula is C14H11ClF3NO2. The number of ether oxygens (including phenoxy) is 2. The topological polar surface area (TPSA) is 31.4 Å². The van der Waals surface area contributed by atoms with E-state index >= 15 is 0 Å². The van der Waals surface area contributed by atoms with E-state index in [2.05, 4.69) is 4.98 Å². The Labute approximate surface area is 124 Å². The number of halogens is 4. The molecule has 3 nitrogen and oxygen atoms in total. The number of alkyl halides is 3. The van der Waals surface area contributed by atoms with Crippen molar-refractivity contribution < 1.29 is 22.6 Å². The summed E-state index contributed by atoms with van der Waals surface area (Å²) in [6.07, 6.45) is -4.50. The minimum atomic E-state index is -4.50. The quantitative estimate of drug-likeness (QED) is 0.784. The molecule has 0 atom stereocenters. The predicted molar refractivity (Wildman–Crippen MR) is 72.8 cm³/mol. The van der Waals surface area contributed by atoms with Crippen LogP contribution < -0.4 is 9.47 Å². The third kappa shape index (κ3) is 3.58. The molecule has 21 heavy (non-hydrogen) atoms. The lowest BCUT2D eigenvalue weighted by Crippen LogP contribution is -2.05. The smallest absolute Gasteiger partial charge is 0.416 e. The summed E-state index contributed by atoms with van der Waals surface area (Å²) in [5.41, 5.74) is -0.356. The Morgan fingerprint density at radius 2 is 1.52 bits per heavy atom. The Balaban J connectivity index is 2.58. The lowest BCUT2D eigenvalue weighted by Gasteiger charge is -2.11. The van der Waals surface area contributed by atoms with Gasteiger partial charge in [-0.2, -0.15) is 13.2 Å². The number of rotatable bonds is 3. The van der Waals surface area contributed by atoms with Crippen molar-refractivity contribution in [2.24, 2.45) is 0 Å². The number of hydrogen-bond acceptors (Lipinski definition) is 3. The Bertz CT molecular complexity index is 637. The van der Waals surface area contributed by atoms with Crippen molar-refractivity contribution >= 4 is 11.6 Å². The number of methoxy groups -OCH3 is 2. The molecule has 112 valence electrons. The van der Waals surface area contributed by atoms with E-state index in [9.17, 15) is 13.2 Å². The van der Waals surface area contributed by atoms with Crippen LogP contribution in [0.15, 0.2) is 30.3 Å². The highest BCUT2D eigenvalue weighted by atomic mass is 35.5. The second kappa shape index (κ2) is 5.81. The Kier molecular flexibility index (Phi) is 4.27. The third-order valence-corrected chi connectivity index (χ3v) is 2.96. The normalized spacial score (nSPS) is 11.3. The molecule has 0 bridgehead atoms. The standard InChI is InChI=1S/C14H11ClF3NO2/c1-20-10-3-8(4-11(7-10)21-2)12-5-9(14(16,17)18)6-13(15)19-12/h3-7H,1-2H3. The molecule has 0 N–H and O–H groups in total. The Morgan fingerprint density at radius 3 is 2.00 bits per heavy atom. The van der Waals surface area contributed by atoms with E-state index in [0.29, 0.717) is 17.1 Å². The molecule has 0 unspecified atom stereocenters. The fraction of sp³-hybridized carbons (Fsp3) is 0.214. The summed E-state index contributed by atoms with van der Waals surface area (Å²) in [6.45, 7) is 0. The van der Waals surface area contributed by atoms with Gasteiger partial charge in [0.1, 0.15) is 16.7 Å². The fourth-order valence-electron chi connectivity index (χ4n) is 1.76. The Hall–Kier alpha value is -1.95. The van der Waals surface area contributed by atoms with Gasteiger partial charge < -0.3 is 9.47 Å². The summed E-state index contributed by atoms with van der Waals surface area (Å²) < 4.78 is 48.6. The number of pyridine rings is 1. The minimum absolute atomic E-state index is 0.0898. The highest BCUT2D eigenvalue weighted by Gasteiger charge is 2.31. The summed E-state index contributed by atoms with van der Waals surface area (Å²) in [4.78, 5) is 3.92. The third-order valence-electron chi connectivity index (χ3n) is 2.77. The van der Waals surface area contributed by atoms with Gasteiger partial charge in [0.2, 0.25) is 0 Å². The molecule has 2 rings (SSSR count). The highest BCUT2D eigenvalue weighted by Crippen LogP contribution is 2.35. The fourth-order valence-corrected chi connectivity index (χ4v) is 1.97. The molecule has 0 amide bonds. The average molecular weight is 318 g/mol. The Morgan fingerprint density at radius 1 is 0.952 bits per heavy atom. The van der Waals surface area contributed by atoms with Gasteiger partial charge in [-0.3, -0.25) is 0 Å². The molecule has 1 aromatic carbocycles. The van der Waals surface area contributed by atoms with E-state index < -0.39 is 11.7 Å². The van der Waals surface area contributed by atoms with Crippen LogP contribution >= 0.6 is 11.6 Å². The molecule has 2 aromatic rings. The maximum Gasteiger partial charge on any atom is 0.416 e. The van der Waals surface area contributed by atoms with Gasteiger partial charge in [-0.15, -0.1) is 0 Å². The van der Waals surface area contributed by atoms with Gasteiger partial charge in [-0.05, 0) is 24.3 Å². The van der Waals surface area contributed by atoms with E-state index in [1.54, 1.807) is 18.2 Å². The van der Waals surface area contributed by atoms with Crippen LogP contribution in [-0.4, -0.2) is 19.2 Å². The summed E-state index contributed by atoms with van der Waals surface area (Å²) in [6, 6.07) is 6.43. The first kappa shape index (κ1) is 15.4. The summed E-state index contributed by atoms with van der Waals surface area (Å²) in [7, 11) is 2.90. The van der Waals surface area contributed by atoms with Crippen molar-refractivity contribution in [3.05, 3.63) is 41.0 Å². The maximum atomic E-state index is 12.8. The second-order valence-electron chi connectivity index (χ2n) is 4.16. The zero-order valence-corrected chi connectivity index (χ0v) is 11.9. The van der Waals surface area contributed by atoms with Crippen LogP contribution in [0.2, 0.25) is 5.15 Å². The molecule has 7 heteroatoms. The van der Waals surface area contributed by atoms with E-state index in [0.717, 1.165) is 12.1 Å². The van der Waals surface area contributed by atoms with Gasteiger partial charge in [0.15, 0.2) is 0 Å². The van der Waals surface area contributed by atoms with Gasteiger partial charge in [0.05, 0.1) is 25.5 Å². The van der Waals surface area contributed by atoms with E-state index in [4.69, 9.17) is 21.1 Å². The van der Waals surface area contributed by atoms with Crippen LogP contribution in [0, 0.1) is 0 Å². The SMILES string of the molecule is COc1cc(OC)cc(-c2cc(C(F)(F)F)cc(Cl)n2)c1. The summed E-state index contributed by atoms with van der Waals surface area (Å²) in [5.74, 6) is 0.888. The van der Waals surface area contributed by atoms with E-state index in [-0.39, 0.29) is 10.8 Å². The van der Waals surface area contributed by atoms with Crippen molar-refractivity contribution in [2.75, 3.05) is 14.2 Å². The maximum absolute atomic E-state index is 12.8. The number of benzene rings is 1. The van der Waals surface area contributed by atoms with Crippen molar-refractivity contribution in [1.82, 2.24) is 4.98 Å². The van der Waals surface area contributed by atoms with Gasteiger partial charge in [-0.1, -0.05) is 11.6 Å². The van der Waals surface area contributed by atoms with Crippen LogP contribution in [0.4, 0.5) is 13.2 Å². The first-order chi connectivity index (χ1) is 9.83. The molecule has 0 aliphatic rings. The number of hydrogen-bond donors (Lipinski definition) is 0. The van der Waals surface area contributed by atoms with E-state index in [1.165, 1.54) is 14.2 Å².